The van der Waals surface area contributed by atoms with Crippen molar-refractivity contribution in [3.8, 4) is 0 Å². The molecule has 0 spiro atoms. The Balaban J connectivity index is -0.0000000178. The first-order valence-electron chi connectivity index (χ1n) is 1.40. The van der Waals surface area contributed by atoms with Crippen LogP contribution in [0.15, 0.2) is 0 Å². The molecule has 0 aliphatic rings. The quantitative estimate of drug-likeness (QED) is 0.268. The zero-order chi connectivity index (χ0) is 9.00. The van der Waals surface area contributed by atoms with Crippen LogP contribution in [-0.2, 0) is 20.8 Å². The van der Waals surface area contributed by atoms with E-state index >= 15 is 0 Å². The first-order chi connectivity index (χ1) is 4.00. The van der Waals surface area contributed by atoms with Gasteiger partial charge in [-0.05, 0) is 0 Å². The molecule has 0 bridgehead atoms. The number of halogens is 1. The molecule has 0 unspecified atom stereocenters. The van der Waals surface area contributed by atoms with Crippen LogP contribution >= 0.6 is 17.0 Å². The predicted octanol–water partition coefficient (Wildman–Crippen LogP) is -2.67. The zero-order valence-electron chi connectivity index (χ0n) is 4.65. The van der Waals surface area contributed by atoms with E-state index in [1.807, 2.05) is 0 Å². The monoisotopic (exact) mass is 364 g/mol. The second-order valence-corrected chi connectivity index (χ2v) is 2.69. The first kappa shape index (κ1) is 36.1. The van der Waals surface area contributed by atoms with Crippen molar-refractivity contribution in [3.05, 3.63) is 0 Å². The molecule has 0 aromatic heterocycles. The molecule has 0 saturated heterocycles. The van der Waals surface area contributed by atoms with E-state index in [1.165, 1.54) is 0 Å². The van der Waals surface area contributed by atoms with Gasteiger partial charge in [-0.1, -0.05) is 0 Å². The summed E-state index contributed by atoms with van der Waals surface area (Å²) in [6.45, 7) is 0. The van der Waals surface area contributed by atoms with Crippen molar-refractivity contribution in [2.45, 2.75) is 0 Å². The van der Waals surface area contributed by atoms with Crippen LogP contribution in [-0.4, -0.2) is 146 Å². The molecule has 0 heterocycles. The van der Waals surface area contributed by atoms with Gasteiger partial charge in [0.15, 0.2) is 0 Å². The maximum absolute atomic E-state index is 8.74. The van der Waals surface area contributed by atoms with Crippen LogP contribution < -0.4 is 0 Å². The van der Waals surface area contributed by atoms with Crippen LogP contribution in [0.5, 0.6) is 0 Å². The Kier molecular flexibility index (Phi) is 43.5. The van der Waals surface area contributed by atoms with Gasteiger partial charge < -0.3 is 0 Å². The summed E-state index contributed by atoms with van der Waals surface area (Å²) in [6.07, 6.45) is 0. The van der Waals surface area contributed by atoms with Crippen molar-refractivity contribution >= 4 is 148 Å². The Morgan fingerprint density at radius 1 is 0.643 bits per heavy atom. The molecular weight excluding hydrogens is 357 g/mol. The van der Waals surface area contributed by atoms with Gasteiger partial charge in [0.05, 0.1) is 0 Å². The predicted molar refractivity (Wildman–Crippen MR) is 60.1 cm³/mol. The standard InChI is InChI=1S/BrH.K.2Na.2H2O4S.3H/c;;;;2*1-5(2,3)4;;;/h1H;;;;2*(H2,1,2,3,4);;;. The Labute approximate surface area is 179 Å². The van der Waals surface area contributed by atoms with Gasteiger partial charge in [-0.25, -0.2) is 0 Å². The van der Waals surface area contributed by atoms with Crippen molar-refractivity contribution in [2.75, 3.05) is 0 Å². The van der Waals surface area contributed by atoms with Gasteiger partial charge in [-0.15, -0.1) is 17.0 Å². The van der Waals surface area contributed by atoms with E-state index < -0.39 is 20.8 Å². The van der Waals surface area contributed by atoms with Crippen LogP contribution in [0.3, 0.4) is 0 Å². The van der Waals surface area contributed by atoms with Gasteiger partial charge in [0.25, 0.3) is 0 Å². The third kappa shape index (κ3) is 235. The summed E-state index contributed by atoms with van der Waals surface area (Å²) in [5.41, 5.74) is 0. The summed E-state index contributed by atoms with van der Waals surface area (Å²) in [4.78, 5) is 0. The van der Waals surface area contributed by atoms with E-state index in [-0.39, 0.29) is 127 Å². The molecule has 0 fully saturated rings. The van der Waals surface area contributed by atoms with E-state index in [0.29, 0.717) is 0 Å². The second-order valence-electron chi connectivity index (χ2n) is 0.896. The van der Waals surface area contributed by atoms with E-state index in [4.69, 9.17) is 35.0 Å². The number of hydrogen-bond acceptors (Lipinski definition) is 4. The van der Waals surface area contributed by atoms with Crippen LogP contribution in [0.1, 0.15) is 0 Å². The Morgan fingerprint density at radius 3 is 0.643 bits per heavy atom. The van der Waals surface area contributed by atoms with Crippen molar-refractivity contribution in [1.82, 2.24) is 0 Å². The summed E-state index contributed by atoms with van der Waals surface area (Å²) in [6, 6.07) is 0. The molecule has 0 aromatic carbocycles. The molecule has 8 nitrogen and oxygen atoms in total. The van der Waals surface area contributed by atoms with Crippen molar-refractivity contribution in [3.63, 3.8) is 0 Å². The molecule has 0 saturated carbocycles. The minimum atomic E-state index is -4.67. The third-order valence-corrected chi connectivity index (χ3v) is 0. The Morgan fingerprint density at radius 2 is 0.643 bits per heavy atom. The molecule has 78 valence electrons. The number of rotatable bonds is 0. The minimum absolute atomic E-state index is 0. The first-order valence-corrected chi connectivity index (χ1v) is 4.19. The SMILES string of the molecule is Br.O=S(=O)(O)O.O=S(=O)(O)O.[KH].[NaH].[NaH]. The van der Waals surface area contributed by atoms with E-state index in [9.17, 15) is 0 Å². The van der Waals surface area contributed by atoms with Crippen LogP contribution in [0.4, 0.5) is 0 Å². The van der Waals surface area contributed by atoms with Crippen LogP contribution in [0, 0.1) is 0 Å². The maximum atomic E-state index is 8.74. The molecule has 0 radical (unpaired) electrons. The fourth-order valence-electron chi connectivity index (χ4n) is 0. The van der Waals surface area contributed by atoms with Gasteiger partial charge in [-0.2, -0.15) is 16.8 Å². The summed E-state index contributed by atoms with van der Waals surface area (Å²) in [5, 5.41) is 0. The molecule has 14 heavy (non-hydrogen) atoms. The summed E-state index contributed by atoms with van der Waals surface area (Å²) in [5.74, 6) is 0. The molecule has 0 aliphatic carbocycles. The average molecular weight is 365 g/mol. The molecule has 14 heteroatoms. The van der Waals surface area contributed by atoms with E-state index in [0.717, 1.165) is 0 Å². The molecule has 0 amide bonds. The number of hydrogen-bond donors (Lipinski definition) is 4. The second kappa shape index (κ2) is 16.9. The third-order valence-electron chi connectivity index (χ3n) is 0. The summed E-state index contributed by atoms with van der Waals surface area (Å²) < 4.78 is 63.2. The van der Waals surface area contributed by atoms with Gasteiger partial charge in [0, 0.05) is 0 Å². The summed E-state index contributed by atoms with van der Waals surface area (Å²) >= 11 is 0. The van der Waals surface area contributed by atoms with E-state index in [2.05, 4.69) is 0 Å². The van der Waals surface area contributed by atoms with Crippen LogP contribution in [0.25, 0.3) is 0 Å². The fraction of sp³-hybridized carbons (Fsp3) is 0. The average Bonchev–Trinajstić information content (AvgIpc) is 1.12. The zero-order valence-corrected chi connectivity index (χ0v) is 7.99. The summed E-state index contributed by atoms with van der Waals surface area (Å²) in [7, 11) is -9.33. The normalized spacial score (nSPS) is 8.29. The van der Waals surface area contributed by atoms with Crippen LogP contribution in [0.2, 0.25) is 0 Å². The Hall–Kier alpha value is 3.86. The molecule has 4 N–H and O–H groups in total. The van der Waals surface area contributed by atoms with Crippen molar-refractivity contribution in [1.29, 1.82) is 0 Å². The molecule has 0 aliphatic heterocycles. The molecule has 0 rings (SSSR count). The van der Waals surface area contributed by atoms with Gasteiger partial charge in [0.2, 0.25) is 0 Å². The van der Waals surface area contributed by atoms with Gasteiger partial charge >= 0.3 is 131 Å². The van der Waals surface area contributed by atoms with E-state index in [1.54, 1.807) is 0 Å². The topological polar surface area (TPSA) is 149 Å². The van der Waals surface area contributed by atoms with Gasteiger partial charge in [0.1, 0.15) is 0 Å². The molecule has 0 aromatic rings. The van der Waals surface area contributed by atoms with Crippen molar-refractivity contribution < 1.29 is 35.0 Å². The molecule has 0 atom stereocenters. The molecular formula is H8BrKNa2O8S2. The van der Waals surface area contributed by atoms with Gasteiger partial charge in [-0.3, -0.25) is 18.2 Å². The Bertz CT molecular complexity index is 222. The fourth-order valence-corrected chi connectivity index (χ4v) is 0. The van der Waals surface area contributed by atoms with Crippen molar-refractivity contribution in [2.24, 2.45) is 0 Å².